The maximum Gasteiger partial charge on any atom is 0.505 e. The fraction of sp³-hybridized carbons (Fsp3) is 0.692. The van der Waals surface area contributed by atoms with Gasteiger partial charge in [-0.15, -0.1) is 11.3 Å². The van der Waals surface area contributed by atoms with Crippen molar-refractivity contribution in [2.24, 2.45) is 0 Å². The van der Waals surface area contributed by atoms with Crippen molar-refractivity contribution in [3.8, 4) is 0 Å². The van der Waals surface area contributed by atoms with Crippen molar-refractivity contribution in [3.63, 3.8) is 0 Å². The van der Waals surface area contributed by atoms with Gasteiger partial charge in [0.05, 0.1) is 13.9 Å². The van der Waals surface area contributed by atoms with Crippen LogP contribution in [-0.4, -0.2) is 18.3 Å². The summed E-state index contributed by atoms with van der Waals surface area (Å²) in [6.07, 6.45) is 0. The average Bonchev–Trinajstić information content (AvgIpc) is 2.81. The van der Waals surface area contributed by atoms with Gasteiger partial charge in [-0.2, -0.15) is 0 Å². The fourth-order valence-electron chi connectivity index (χ4n) is 1.45. The van der Waals surface area contributed by atoms with Gasteiger partial charge in [0.15, 0.2) is 0 Å². The molecule has 1 aliphatic heterocycles. The molecule has 2 heterocycles. The lowest BCUT2D eigenvalue weighted by Gasteiger charge is -2.32. The molecule has 0 N–H and O–H groups in total. The van der Waals surface area contributed by atoms with Crippen LogP contribution in [0.4, 0.5) is 0 Å². The highest BCUT2D eigenvalue weighted by Crippen LogP contribution is 2.37. The Morgan fingerprint density at radius 1 is 1.29 bits per heavy atom. The van der Waals surface area contributed by atoms with Crippen molar-refractivity contribution >= 4 is 23.2 Å². The summed E-state index contributed by atoms with van der Waals surface area (Å²) in [7, 11) is -1.03. The molecule has 0 saturated carbocycles. The predicted octanol–water partition coefficient (Wildman–Crippen LogP) is 3.17. The van der Waals surface area contributed by atoms with Gasteiger partial charge in [0, 0.05) is 19.2 Å². The molecule has 2 rings (SSSR count). The predicted molar refractivity (Wildman–Crippen MR) is 74.1 cm³/mol. The molecule has 1 aromatic heterocycles. The number of hydrogen-bond acceptors (Lipinski definition) is 3. The lowest BCUT2D eigenvalue weighted by Crippen LogP contribution is -2.41. The summed E-state index contributed by atoms with van der Waals surface area (Å²) in [5.74, 6) is -3.01. The van der Waals surface area contributed by atoms with E-state index in [9.17, 15) is 0 Å². The van der Waals surface area contributed by atoms with Crippen LogP contribution in [0.1, 0.15) is 64.5 Å². The average molecular weight is 261 g/mol. The van der Waals surface area contributed by atoms with Crippen LogP contribution in [0.2, 0.25) is 0 Å². The van der Waals surface area contributed by atoms with E-state index in [1.54, 1.807) is 27.7 Å². The van der Waals surface area contributed by atoms with E-state index < -0.39 is 48.8 Å². The summed E-state index contributed by atoms with van der Waals surface area (Å²) in [6, 6.07) is -0.976. The first-order chi connectivity index (χ1) is 11.4. The molecule has 0 aliphatic carbocycles. The highest BCUT2D eigenvalue weighted by molar-refractivity contribution is 7.22. The summed E-state index contributed by atoms with van der Waals surface area (Å²) in [5.41, 5.74) is -1.44. The van der Waals surface area contributed by atoms with Gasteiger partial charge in [0.1, 0.15) is 0 Å². The Balaban J connectivity index is 2.61. The Hall–Kier alpha value is -0.315. The summed E-state index contributed by atoms with van der Waals surface area (Å²) in [6.45, 7) is 0.772. The minimum absolute atomic E-state index is 0.0915. The molecule has 0 amide bonds. The third-order valence-corrected chi connectivity index (χ3v) is 4.23. The second-order valence-corrected chi connectivity index (χ2v) is 6.06. The molecule has 1 fully saturated rings. The van der Waals surface area contributed by atoms with Crippen LogP contribution in [0.25, 0.3) is 0 Å². The van der Waals surface area contributed by atoms with E-state index in [1.807, 2.05) is 0 Å². The van der Waals surface area contributed by atoms with Crippen LogP contribution in [0.5, 0.6) is 0 Å². The van der Waals surface area contributed by atoms with Gasteiger partial charge < -0.3 is 9.31 Å². The summed E-state index contributed by atoms with van der Waals surface area (Å²) in [5, 5.41) is 0. The molecule has 1 aromatic rings. The zero-order chi connectivity index (χ0) is 20.5. The summed E-state index contributed by atoms with van der Waals surface area (Å²) < 4.78 is 81.7. The van der Waals surface area contributed by atoms with E-state index >= 15 is 0 Å². The first-order valence-corrected chi connectivity index (χ1v) is 6.14. The van der Waals surface area contributed by atoms with Crippen molar-refractivity contribution in [1.29, 1.82) is 0 Å². The van der Waals surface area contributed by atoms with E-state index in [2.05, 4.69) is 0 Å². The molecule has 17 heavy (non-hydrogen) atoms. The quantitative estimate of drug-likeness (QED) is 0.761. The van der Waals surface area contributed by atoms with E-state index in [0.29, 0.717) is 11.3 Å². The lowest BCUT2D eigenvalue weighted by molar-refractivity contribution is 0.00578. The normalized spacial score (nSPS) is 32.2. The molecule has 0 spiro atoms. The topological polar surface area (TPSA) is 18.5 Å². The third kappa shape index (κ3) is 2.31. The molecule has 0 unspecified atom stereocenters. The number of rotatable bonds is 2. The first-order valence-electron chi connectivity index (χ1n) is 9.83. The van der Waals surface area contributed by atoms with Crippen LogP contribution >= 0.6 is 11.3 Å². The molecule has 0 bridgehead atoms. The number of hydrogen-bond donors (Lipinski definition) is 0. The van der Waals surface area contributed by atoms with Gasteiger partial charge in [-0.05, 0) is 39.6 Å². The Morgan fingerprint density at radius 2 is 1.88 bits per heavy atom. The molecular weight excluding hydrogens is 231 g/mol. The zero-order valence-electron chi connectivity index (χ0n) is 19.3. The minimum Gasteiger partial charge on any atom is -0.399 e. The molecule has 4 heteroatoms. The number of thiophene rings is 1. The largest absolute Gasteiger partial charge is 0.505 e. The van der Waals surface area contributed by atoms with E-state index in [0.717, 1.165) is 0 Å². The third-order valence-electron chi connectivity index (χ3n) is 3.21. The maximum atomic E-state index is 8.24. The highest BCUT2D eigenvalue weighted by atomic mass is 32.1. The molecule has 0 atom stereocenters. The van der Waals surface area contributed by atoms with Crippen molar-refractivity contribution in [2.45, 2.75) is 58.5 Å². The van der Waals surface area contributed by atoms with E-state index in [1.165, 1.54) is 0 Å². The highest BCUT2D eigenvalue weighted by Gasteiger charge is 2.52. The fourth-order valence-corrected chi connectivity index (χ4v) is 2.17. The van der Waals surface area contributed by atoms with Crippen LogP contribution in [-0.2, 0) is 9.31 Å². The second-order valence-electron chi connectivity index (χ2n) is 5.01. The summed E-state index contributed by atoms with van der Waals surface area (Å²) >= 11 is 0.613. The summed E-state index contributed by atoms with van der Waals surface area (Å²) in [4.78, 5) is -0.507. The Morgan fingerprint density at radius 3 is 2.41 bits per heavy atom. The monoisotopic (exact) mass is 261 g/mol. The molecule has 2 nitrogen and oxygen atoms in total. The van der Waals surface area contributed by atoms with Gasteiger partial charge in [0.25, 0.3) is 0 Å². The van der Waals surface area contributed by atoms with Gasteiger partial charge in [-0.25, -0.2) is 0 Å². The lowest BCUT2D eigenvalue weighted by atomic mass is 9.88. The SMILES string of the molecule is [2H]c1c(B2OC(C)(C)C(C)(C)O2)sc(C([2H])(C([2H])([2H])[2H])C([2H])([2H])[2H])c1[2H]. The van der Waals surface area contributed by atoms with Gasteiger partial charge in [0.2, 0.25) is 0 Å². The van der Waals surface area contributed by atoms with Crippen LogP contribution < -0.4 is 4.78 Å². The molecule has 1 aliphatic rings. The molecule has 0 radical (unpaired) electrons. The molecule has 1 saturated heterocycles. The Labute approximate surface area is 121 Å². The van der Waals surface area contributed by atoms with Crippen LogP contribution in [0, 0.1) is 0 Å². The van der Waals surface area contributed by atoms with E-state index in [4.69, 9.17) is 21.6 Å². The molecule has 0 aromatic carbocycles. The van der Waals surface area contributed by atoms with Gasteiger partial charge in [-0.3, -0.25) is 0 Å². The second kappa shape index (κ2) is 4.11. The maximum absolute atomic E-state index is 8.24. The van der Waals surface area contributed by atoms with Gasteiger partial charge >= 0.3 is 7.12 Å². The van der Waals surface area contributed by atoms with Crippen LogP contribution in [0.15, 0.2) is 12.1 Å². The van der Waals surface area contributed by atoms with Crippen molar-refractivity contribution in [3.05, 3.63) is 17.0 Å². The Kier molecular flexibility index (Phi) is 1.39. The van der Waals surface area contributed by atoms with Gasteiger partial charge in [-0.1, -0.05) is 19.7 Å². The molecule has 94 valence electrons. The smallest absolute Gasteiger partial charge is 0.399 e. The van der Waals surface area contributed by atoms with Crippen LogP contribution in [0.3, 0.4) is 0 Å². The first kappa shape index (κ1) is 5.76. The van der Waals surface area contributed by atoms with Crippen molar-refractivity contribution < 1.29 is 21.6 Å². The zero-order valence-corrected chi connectivity index (χ0v) is 11.1. The van der Waals surface area contributed by atoms with E-state index in [-0.39, 0.29) is 10.8 Å². The standard InChI is InChI=1S/C13H21BO2S/c1-9(2)10-7-8-11(17-10)14-15-12(3,4)13(5,6)16-14/h7-9H,1-6H3/i1D3,2D3,7D,8D,9D. The Bertz CT molecular complexity index is 678. The van der Waals surface area contributed by atoms with Crippen molar-refractivity contribution in [2.75, 3.05) is 0 Å². The molecular formula is C13H21BO2S. The van der Waals surface area contributed by atoms with Crippen molar-refractivity contribution in [1.82, 2.24) is 0 Å². The minimum atomic E-state index is -3.21.